The van der Waals surface area contributed by atoms with Crippen molar-refractivity contribution in [2.75, 3.05) is 31.1 Å². The van der Waals surface area contributed by atoms with Crippen LogP contribution in [0.1, 0.15) is 43.4 Å². The molecule has 3 rings (SSSR count). The summed E-state index contributed by atoms with van der Waals surface area (Å²) in [5, 5.41) is 10.7. The van der Waals surface area contributed by atoms with Crippen LogP contribution in [0.5, 0.6) is 0 Å². The van der Waals surface area contributed by atoms with Gasteiger partial charge in [-0.1, -0.05) is 55.0 Å². The third-order valence-corrected chi connectivity index (χ3v) is 5.81. The third-order valence-electron chi connectivity index (χ3n) is 5.81. The topological polar surface area (TPSA) is 43.8 Å². The fourth-order valence-electron chi connectivity index (χ4n) is 3.97. The lowest BCUT2D eigenvalue weighted by atomic mass is 9.87. The number of anilines is 1. The Bertz CT molecular complexity index is 737. The number of benzene rings is 2. The molecule has 4 heteroatoms. The molecule has 0 radical (unpaired) electrons. The number of para-hydroxylation sites is 1. The van der Waals surface area contributed by atoms with Gasteiger partial charge in [0.1, 0.15) is 0 Å². The maximum atomic E-state index is 12.4. The molecule has 150 valence electrons. The lowest BCUT2D eigenvalue weighted by Gasteiger charge is -2.35. The van der Waals surface area contributed by atoms with Crippen LogP contribution < -0.4 is 4.90 Å². The molecule has 1 unspecified atom stereocenters. The van der Waals surface area contributed by atoms with E-state index in [4.69, 9.17) is 0 Å². The van der Waals surface area contributed by atoms with Gasteiger partial charge in [0.15, 0.2) is 0 Å². The van der Waals surface area contributed by atoms with Crippen LogP contribution in [0.2, 0.25) is 0 Å². The Kier molecular flexibility index (Phi) is 7.24. The largest absolute Gasteiger partial charge is 0.388 e. The summed E-state index contributed by atoms with van der Waals surface area (Å²) >= 11 is 0. The summed E-state index contributed by atoms with van der Waals surface area (Å²) in [7, 11) is 0. The average Bonchev–Trinajstić information content (AvgIpc) is 2.75. The summed E-state index contributed by atoms with van der Waals surface area (Å²) < 4.78 is 0. The number of piperidine rings is 1. The Balaban J connectivity index is 1.52. The molecule has 1 saturated heterocycles. The van der Waals surface area contributed by atoms with E-state index in [0.29, 0.717) is 18.9 Å². The second-order valence-electron chi connectivity index (χ2n) is 7.77. The van der Waals surface area contributed by atoms with Gasteiger partial charge < -0.3 is 14.9 Å². The van der Waals surface area contributed by atoms with Crippen LogP contribution in [-0.2, 0) is 4.79 Å². The third kappa shape index (κ3) is 5.21. The van der Waals surface area contributed by atoms with Crippen LogP contribution >= 0.6 is 0 Å². The number of aryl methyl sites for hydroxylation is 1. The molecule has 0 bridgehead atoms. The Morgan fingerprint density at radius 3 is 2.36 bits per heavy atom. The highest BCUT2D eigenvalue weighted by molar-refractivity contribution is 5.93. The molecule has 1 N–H and O–H groups in total. The number of aliphatic hydroxyl groups is 1. The molecule has 1 heterocycles. The normalized spacial score (nSPS) is 16.7. The van der Waals surface area contributed by atoms with Crippen LogP contribution in [0.3, 0.4) is 0 Å². The summed E-state index contributed by atoms with van der Waals surface area (Å²) in [5.41, 5.74) is 3.21. The van der Waals surface area contributed by atoms with Crippen molar-refractivity contribution < 1.29 is 9.90 Å². The van der Waals surface area contributed by atoms with E-state index >= 15 is 0 Å². The second-order valence-corrected chi connectivity index (χ2v) is 7.77. The van der Waals surface area contributed by atoms with Crippen molar-refractivity contribution in [2.45, 2.75) is 39.2 Å². The zero-order chi connectivity index (χ0) is 19.9. The molecular formula is C24H32N2O2. The van der Waals surface area contributed by atoms with Gasteiger partial charge in [-0.05, 0) is 56.5 Å². The number of rotatable bonds is 7. The van der Waals surface area contributed by atoms with Gasteiger partial charge >= 0.3 is 0 Å². The first-order chi connectivity index (χ1) is 13.6. The van der Waals surface area contributed by atoms with Crippen molar-refractivity contribution in [2.24, 2.45) is 5.92 Å². The van der Waals surface area contributed by atoms with Gasteiger partial charge in [0, 0.05) is 25.2 Å². The van der Waals surface area contributed by atoms with Crippen LogP contribution in [0.25, 0.3) is 0 Å². The summed E-state index contributed by atoms with van der Waals surface area (Å²) in [5.74, 6) is 0.470. The summed E-state index contributed by atoms with van der Waals surface area (Å²) in [6, 6.07) is 18.1. The van der Waals surface area contributed by atoms with Gasteiger partial charge in [-0.2, -0.15) is 0 Å². The molecule has 1 aliphatic heterocycles. The fourth-order valence-corrected chi connectivity index (χ4v) is 3.97. The molecule has 1 atom stereocenters. The molecule has 2 aromatic carbocycles. The monoisotopic (exact) mass is 380 g/mol. The molecule has 28 heavy (non-hydrogen) atoms. The summed E-state index contributed by atoms with van der Waals surface area (Å²) in [6.45, 7) is 7.50. The van der Waals surface area contributed by atoms with Gasteiger partial charge in [-0.3, -0.25) is 4.79 Å². The molecule has 0 saturated carbocycles. The Labute approximate surface area is 168 Å². The maximum Gasteiger partial charge on any atom is 0.226 e. The fraction of sp³-hybridized carbons (Fsp3) is 0.458. The number of aliphatic hydroxyl groups excluding tert-OH is 1. The second kappa shape index (κ2) is 9.85. The van der Waals surface area contributed by atoms with E-state index in [0.717, 1.165) is 43.7 Å². The minimum Gasteiger partial charge on any atom is -0.388 e. The summed E-state index contributed by atoms with van der Waals surface area (Å²) in [6.07, 6.45) is 2.11. The first-order valence-electron chi connectivity index (χ1n) is 10.4. The Hall–Kier alpha value is -2.17. The average molecular weight is 381 g/mol. The molecule has 1 amide bonds. The standard InChI is InChI=1S/C24H32N2O2/c1-3-23(27)26(22-7-5-4-6-8-22)18-17-25-15-13-21(14-16-25)24(28)20-11-9-19(2)10-12-20/h4-12,21,24,28H,3,13-18H2,1-2H3. The van der Waals surface area contributed by atoms with E-state index in [-0.39, 0.29) is 12.0 Å². The summed E-state index contributed by atoms with van der Waals surface area (Å²) in [4.78, 5) is 16.7. The highest BCUT2D eigenvalue weighted by Gasteiger charge is 2.26. The minimum absolute atomic E-state index is 0.163. The molecule has 0 aromatic heterocycles. The molecular weight excluding hydrogens is 348 g/mol. The van der Waals surface area contributed by atoms with E-state index < -0.39 is 0 Å². The van der Waals surface area contributed by atoms with Gasteiger partial charge in [-0.15, -0.1) is 0 Å². The maximum absolute atomic E-state index is 12.4. The van der Waals surface area contributed by atoms with Crippen molar-refractivity contribution in [1.29, 1.82) is 0 Å². The van der Waals surface area contributed by atoms with E-state index in [9.17, 15) is 9.90 Å². The van der Waals surface area contributed by atoms with Gasteiger partial charge in [0.05, 0.1) is 6.10 Å². The van der Waals surface area contributed by atoms with Crippen LogP contribution in [0.15, 0.2) is 54.6 Å². The predicted octanol–water partition coefficient (Wildman–Crippen LogP) is 4.18. The van der Waals surface area contributed by atoms with Crippen LogP contribution in [0, 0.1) is 12.8 Å². The highest BCUT2D eigenvalue weighted by Crippen LogP contribution is 2.30. The number of carbonyl (C=O) groups is 1. The van der Waals surface area contributed by atoms with Gasteiger partial charge in [-0.25, -0.2) is 0 Å². The van der Waals surface area contributed by atoms with Crippen LogP contribution in [0.4, 0.5) is 5.69 Å². The number of hydrogen-bond acceptors (Lipinski definition) is 3. The predicted molar refractivity (Wildman–Crippen MR) is 114 cm³/mol. The SMILES string of the molecule is CCC(=O)N(CCN1CCC(C(O)c2ccc(C)cc2)CC1)c1ccccc1. The first-order valence-corrected chi connectivity index (χ1v) is 10.4. The number of amides is 1. The van der Waals surface area contributed by atoms with Gasteiger partial charge in [0.2, 0.25) is 5.91 Å². The van der Waals surface area contributed by atoms with Gasteiger partial charge in [0.25, 0.3) is 0 Å². The quantitative estimate of drug-likeness (QED) is 0.783. The lowest BCUT2D eigenvalue weighted by molar-refractivity contribution is -0.118. The number of hydrogen-bond donors (Lipinski definition) is 1. The van der Waals surface area contributed by atoms with E-state index in [1.165, 1.54) is 5.56 Å². The Morgan fingerprint density at radius 1 is 1.11 bits per heavy atom. The zero-order valence-electron chi connectivity index (χ0n) is 17.1. The van der Waals surface area contributed by atoms with Crippen molar-refractivity contribution in [3.63, 3.8) is 0 Å². The van der Waals surface area contributed by atoms with Crippen molar-refractivity contribution in [1.82, 2.24) is 4.90 Å². The van der Waals surface area contributed by atoms with Crippen LogP contribution in [-0.4, -0.2) is 42.1 Å². The van der Waals surface area contributed by atoms with Crippen molar-refractivity contribution in [3.8, 4) is 0 Å². The van der Waals surface area contributed by atoms with Crippen molar-refractivity contribution in [3.05, 3.63) is 65.7 Å². The molecule has 1 aliphatic rings. The molecule has 2 aromatic rings. The lowest BCUT2D eigenvalue weighted by Crippen LogP contribution is -2.42. The zero-order valence-corrected chi connectivity index (χ0v) is 17.1. The number of carbonyl (C=O) groups excluding carboxylic acids is 1. The van der Waals surface area contributed by atoms with E-state index in [2.05, 4.69) is 24.0 Å². The minimum atomic E-state index is -0.384. The molecule has 4 nitrogen and oxygen atoms in total. The number of likely N-dealkylation sites (tertiary alicyclic amines) is 1. The van der Waals surface area contributed by atoms with Crippen molar-refractivity contribution >= 4 is 11.6 Å². The molecule has 0 aliphatic carbocycles. The Morgan fingerprint density at radius 2 is 1.75 bits per heavy atom. The molecule has 0 spiro atoms. The number of nitrogens with zero attached hydrogens (tertiary/aromatic N) is 2. The first kappa shape index (κ1) is 20.6. The smallest absolute Gasteiger partial charge is 0.226 e. The van der Waals surface area contributed by atoms with E-state index in [1.54, 1.807) is 0 Å². The highest BCUT2D eigenvalue weighted by atomic mass is 16.3. The molecule has 1 fully saturated rings. The van der Waals surface area contributed by atoms with E-state index in [1.807, 2.05) is 54.3 Å².